The van der Waals surface area contributed by atoms with Crippen LogP contribution >= 0.6 is 0 Å². The molecule has 0 aliphatic rings. The molecule has 0 radical (unpaired) electrons. The van der Waals surface area contributed by atoms with Crippen LogP contribution in [0, 0.1) is 0 Å². The maximum atomic E-state index is 11.7. The Kier molecular flexibility index (Phi) is 6.24. The molecule has 1 rings (SSSR count). The van der Waals surface area contributed by atoms with E-state index in [1.54, 1.807) is 0 Å². The third kappa shape index (κ3) is 4.18. The number of hydrogen-bond donors (Lipinski definition) is 2. The molecule has 19 heavy (non-hydrogen) atoms. The monoisotopic (exact) mass is 268 g/mol. The van der Waals surface area contributed by atoms with Gasteiger partial charge >= 0.3 is 5.69 Å². The maximum absolute atomic E-state index is 11.7. The number of hydrogen-bond acceptors (Lipinski definition) is 4. The van der Waals surface area contributed by atoms with E-state index in [2.05, 4.69) is 18.5 Å². The molecule has 0 spiro atoms. The second-order valence-corrected chi connectivity index (χ2v) is 4.18. The lowest BCUT2D eigenvalue weighted by atomic mass is 10.3. The van der Waals surface area contributed by atoms with E-state index in [0.717, 1.165) is 19.3 Å². The third-order valence-electron chi connectivity index (χ3n) is 2.72. The molecule has 1 aromatic heterocycles. The molecule has 1 heterocycles. The van der Waals surface area contributed by atoms with E-state index < -0.39 is 24.1 Å². The predicted octanol–water partition coefficient (Wildman–Crippen LogP) is 0.920. The van der Waals surface area contributed by atoms with Gasteiger partial charge in [-0.25, -0.2) is 4.79 Å². The molecule has 0 amide bonds. The van der Waals surface area contributed by atoms with Gasteiger partial charge in [-0.2, -0.15) is 0 Å². The van der Waals surface area contributed by atoms with Gasteiger partial charge in [0.1, 0.15) is 0 Å². The highest BCUT2D eigenvalue weighted by Gasteiger charge is 2.11. The van der Waals surface area contributed by atoms with E-state index in [0.29, 0.717) is 6.61 Å². The molecule has 1 aromatic rings. The molecule has 0 aromatic carbocycles. The summed E-state index contributed by atoms with van der Waals surface area (Å²) in [7, 11) is 0. The zero-order chi connectivity index (χ0) is 14.3. The summed E-state index contributed by atoms with van der Waals surface area (Å²) >= 11 is 0. The van der Waals surface area contributed by atoms with Crippen LogP contribution in [0.25, 0.3) is 0 Å². The maximum Gasteiger partial charge on any atom is 0.330 e. The number of rotatable bonds is 8. The molecule has 6 nitrogen and oxygen atoms in total. The van der Waals surface area contributed by atoms with Gasteiger partial charge < -0.3 is 9.84 Å². The van der Waals surface area contributed by atoms with E-state index in [-0.39, 0.29) is 5.56 Å². The largest absolute Gasteiger partial charge is 0.391 e. The SMILES string of the molecule is C=C[C@H](OCCCCC)n1cc(CO)c(=O)[nH]c1=O. The summed E-state index contributed by atoms with van der Waals surface area (Å²) in [5.74, 6) is 0. The van der Waals surface area contributed by atoms with E-state index in [9.17, 15) is 9.59 Å². The lowest BCUT2D eigenvalue weighted by Crippen LogP contribution is -2.34. The van der Waals surface area contributed by atoms with Crippen molar-refractivity contribution in [2.24, 2.45) is 0 Å². The minimum Gasteiger partial charge on any atom is -0.391 e. The molecule has 0 saturated carbocycles. The summed E-state index contributed by atoms with van der Waals surface area (Å²) in [6, 6.07) is 0. The van der Waals surface area contributed by atoms with Gasteiger partial charge in [0.25, 0.3) is 5.56 Å². The fourth-order valence-electron chi connectivity index (χ4n) is 1.65. The summed E-state index contributed by atoms with van der Waals surface area (Å²) in [6.07, 6.45) is 5.15. The highest BCUT2D eigenvalue weighted by atomic mass is 16.5. The van der Waals surface area contributed by atoms with Crippen LogP contribution in [-0.4, -0.2) is 21.3 Å². The lowest BCUT2D eigenvalue weighted by Gasteiger charge is -2.17. The van der Waals surface area contributed by atoms with Crippen molar-refractivity contribution in [2.45, 2.75) is 39.0 Å². The Labute approximate surface area is 111 Å². The highest BCUT2D eigenvalue weighted by molar-refractivity contribution is 5.04. The smallest absolute Gasteiger partial charge is 0.330 e. The molecule has 106 valence electrons. The van der Waals surface area contributed by atoms with Crippen LogP contribution in [0.5, 0.6) is 0 Å². The van der Waals surface area contributed by atoms with Crippen LogP contribution in [0.4, 0.5) is 0 Å². The van der Waals surface area contributed by atoms with Crippen LogP contribution < -0.4 is 11.2 Å². The number of aromatic nitrogens is 2. The predicted molar refractivity (Wildman–Crippen MR) is 72.0 cm³/mol. The Hall–Kier alpha value is -1.66. The minimum absolute atomic E-state index is 0.114. The molecule has 0 bridgehead atoms. The van der Waals surface area contributed by atoms with Crippen molar-refractivity contribution in [3.8, 4) is 0 Å². The first-order valence-electron chi connectivity index (χ1n) is 6.33. The van der Waals surface area contributed by atoms with Gasteiger partial charge in [0.15, 0.2) is 6.23 Å². The number of aliphatic hydroxyl groups excluding tert-OH is 1. The van der Waals surface area contributed by atoms with Crippen molar-refractivity contribution < 1.29 is 9.84 Å². The Morgan fingerprint density at radius 3 is 2.84 bits per heavy atom. The van der Waals surface area contributed by atoms with Crippen molar-refractivity contribution in [2.75, 3.05) is 6.61 Å². The fraction of sp³-hybridized carbons (Fsp3) is 0.538. The van der Waals surface area contributed by atoms with Crippen molar-refractivity contribution in [1.82, 2.24) is 9.55 Å². The van der Waals surface area contributed by atoms with Crippen LogP contribution in [0.15, 0.2) is 28.4 Å². The molecular formula is C13H20N2O4. The molecule has 0 aliphatic carbocycles. The number of aromatic amines is 1. The Morgan fingerprint density at radius 1 is 1.53 bits per heavy atom. The number of nitrogens with zero attached hydrogens (tertiary/aromatic N) is 1. The molecule has 0 fully saturated rings. The van der Waals surface area contributed by atoms with Gasteiger partial charge in [0.05, 0.1) is 12.2 Å². The summed E-state index contributed by atoms with van der Waals surface area (Å²) < 4.78 is 6.76. The van der Waals surface area contributed by atoms with Gasteiger partial charge in [-0.3, -0.25) is 14.3 Å². The zero-order valence-electron chi connectivity index (χ0n) is 11.1. The lowest BCUT2D eigenvalue weighted by molar-refractivity contribution is 0.0318. The second kappa shape index (κ2) is 7.70. The van der Waals surface area contributed by atoms with E-state index in [1.165, 1.54) is 16.8 Å². The molecule has 6 heteroatoms. The van der Waals surface area contributed by atoms with E-state index in [1.807, 2.05) is 0 Å². The van der Waals surface area contributed by atoms with Gasteiger partial charge in [0.2, 0.25) is 0 Å². The van der Waals surface area contributed by atoms with Gasteiger partial charge in [0, 0.05) is 12.8 Å². The zero-order valence-corrected chi connectivity index (χ0v) is 11.1. The first-order chi connectivity index (χ1) is 9.13. The normalized spacial score (nSPS) is 12.3. The molecule has 0 unspecified atom stereocenters. The van der Waals surface area contributed by atoms with Crippen LogP contribution in [-0.2, 0) is 11.3 Å². The topological polar surface area (TPSA) is 84.3 Å². The number of ether oxygens (including phenoxy) is 1. The Morgan fingerprint density at radius 2 is 2.26 bits per heavy atom. The number of aliphatic hydroxyl groups is 1. The summed E-state index contributed by atoms with van der Waals surface area (Å²) in [5, 5.41) is 9.03. The average molecular weight is 268 g/mol. The van der Waals surface area contributed by atoms with Gasteiger partial charge in [-0.15, -0.1) is 0 Å². The van der Waals surface area contributed by atoms with E-state index in [4.69, 9.17) is 9.84 Å². The first-order valence-corrected chi connectivity index (χ1v) is 6.33. The van der Waals surface area contributed by atoms with Crippen molar-refractivity contribution >= 4 is 0 Å². The van der Waals surface area contributed by atoms with Crippen molar-refractivity contribution in [3.63, 3.8) is 0 Å². The molecule has 0 saturated heterocycles. The second-order valence-electron chi connectivity index (χ2n) is 4.18. The average Bonchev–Trinajstić information content (AvgIpc) is 2.40. The first kappa shape index (κ1) is 15.4. The summed E-state index contributed by atoms with van der Waals surface area (Å²) in [4.78, 5) is 25.2. The standard InChI is InChI=1S/C13H20N2O4/c1-3-5-6-7-19-11(4-2)15-8-10(9-16)12(17)14-13(15)18/h4,8,11,16H,2-3,5-7,9H2,1H3,(H,14,17,18)/t11-/m0/s1. The molecule has 1 atom stereocenters. The quantitative estimate of drug-likeness (QED) is 0.542. The van der Waals surface area contributed by atoms with Crippen LogP contribution in [0.1, 0.15) is 38.0 Å². The number of nitrogens with one attached hydrogen (secondary N) is 1. The van der Waals surface area contributed by atoms with Gasteiger partial charge in [-0.05, 0) is 12.5 Å². The number of unbranched alkanes of at least 4 members (excludes halogenated alkanes) is 2. The van der Waals surface area contributed by atoms with E-state index >= 15 is 0 Å². The Balaban J connectivity index is 2.89. The van der Waals surface area contributed by atoms with Gasteiger partial charge in [-0.1, -0.05) is 26.3 Å². The molecular weight excluding hydrogens is 248 g/mol. The third-order valence-corrected chi connectivity index (χ3v) is 2.72. The van der Waals surface area contributed by atoms with Crippen molar-refractivity contribution in [1.29, 1.82) is 0 Å². The molecule has 2 N–H and O–H groups in total. The van der Waals surface area contributed by atoms with Crippen LogP contribution in [0.3, 0.4) is 0 Å². The summed E-state index contributed by atoms with van der Waals surface area (Å²) in [6.45, 7) is 5.77. The number of H-pyrrole nitrogens is 1. The Bertz CT molecular complexity index is 518. The van der Waals surface area contributed by atoms with Crippen LogP contribution in [0.2, 0.25) is 0 Å². The highest BCUT2D eigenvalue weighted by Crippen LogP contribution is 2.08. The minimum atomic E-state index is -0.647. The summed E-state index contributed by atoms with van der Waals surface area (Å²) in [5.41, 5.74) is -1.05. The molecule has 0 aliphatic heterocycles. The van der Waals surface area contributed by atoms with Crippen molar-refractivity contribution in [3.05, 3.63) is 45.3 Å². The fourth-order valence-corrected chi connectivity index (χ4v) is 1.65.